The fourth-order valence-electron chi connectivity index (χ4n) is 4.00. The molecule has 0 saturated carbocycles. The number of methoxy groups -OCH3 is 1. The van der Waals surface area contributed by atoms with Crippen LogP contribution in [0.1, 0.15) is 16.7 Å². The standard InChI is InChI=1S/C28H32O6/c1-30-28-27(33-19-23-15-9-4-10-16-23)25(29)26(32-18-22-13-7-3-8-14-22)24(34-28)20-31-17-21-11-5-2-6-12-21/h2-16,24-29H,17-20H2,1H3/t24?,25?,26-,27?,28-/m0/s1. The fraction of sp³-hybridized carbons (Fsp3) is 0.357. The summed E-state index contributed by atoms with van der Waals surface area (Å²) < 4.78 is 29.9. The molecule has 34 heavy (non-hydrogen) atoms. The molecule has 1 fully saturated rings. The minimum Gasteiger partial charge on any atom is -0.387 e. The quantitative estimate of drug-likeness (QED) is 0.461. The number of rotatable bonds is 11. The molecule has 0 aliphatic carbocycles. The molecule has 5 atom stereocenters. The monoisotopic (exact) mass is 464 g/mol. The Hall–Kier alpha value is -2.58. The largest absolute Gasteiger partial charge is 0.387 e. The van der Waals surface area contributed by atoms with E-state index in [1.165, 1.54) is 0 Å². The summed E-state index contributed by atoms with van der Waals surface area (Å²) in [5.41, 5.74) is 3.07. The number of ether oxygens (including phenoxy) is 5. The van der Waals surface area contributed by atoms with Crippen molar-refractivity contribution in [3.8, 4) is 0 Å². The van der Waals surface area contributed by atoms with Crippen LogP contribution in [-0.2, 0) is 43.5 Å². The van der Waals surface area contributed by atoms with Gasteiger partial charge in [-0.1, -0.05) is 91.0 Å². The molecule has 0 radical (unpaired) electrons. The molecule has 0 bridgehead atoms. The first kappa shape index (κ1) is 24.5. The SMILES string of the molecule is CO[C@H]1OC(COCc2ccccc2)[C@H](OCc2ccccc2)C(O)C1OCc1ccccc1. The molecular formula is C28H32O6. The van der Waals surface area contributed by atoms with Crippen LogP contribution in [0.25, 0.3) is 0 Å². The fourth-order valence-corrected chi connectivity index (χ4v) is 4.00. The number of hydrogen-bond acceptors (Lipinski definition) is 6. The summed E-state index contributed by atoms with van der Waals surface area (Å²) in [5, 5.41) is 11.3. The van der Waals surface area contributed by atoms with Crippen molar-refractivity contribution in [2.75, 3.05) is 13.7 Å². The lowest BCUT2D eigenvalue weighted by molar-refractivity contribution is -0.315. The van der Waals surface area contributed by atoms with E-state index >= 15 is 0 Å². The molecular weight excluding hydrogens is 432 g/mol. The first-order valence-electron chi connectivity index (χ1n) is 11.5. The third-order valence-corrected chi connectivity index (χ3v) is 5.81. The van der Waals surface area contributed by atoms with Gasteiger partial charge in [-0.15, -0.1) is 0 Å². The predicted molar refractivity (Wildman–Crippen MR) is 128 cm³/mol. The summed E-state index contributed by atoms with van der Waals surface area (Å²) in [7, 11) is 1.54. The van der Waals surface area contributed by atoms with E-state index in [9.17, 15) is 5.11 Å². The Kier molecular flexibility index (Phi) is 9.21. The van der Waals surface area contributed by atoms with Gasteiger partial charge in [-0.2, -0.15) is 0 Å². The third kappa shape index (κ3) is 6.73. The summed E-state index contributed by atoms with van der Waals surface area (Å²) in [6, 6.07) is 29.6. The predicted octanol–water partition coefficient (Wildman–Crippen LogP) is 4.11. The average molecular weight is 465 g/mol. The Bertz CT molecular complexity index is 950. The Labute approximate surface area is 201 Å². The van der Waals surface area contributed by atoms with E-state index in [1.807, 2.05) is 91.0 Å². The Balaban J connectivity index is 1.44. The van der Waals surface area contributed by atoms with E-state index in [4.69, 9.17) is 23.7 Å². The zero-order valence-corrected chi connectivity index (χ0v) is 19.4. The van der Waals surface area contributed by atoms with Crippen LogP contribution < -0.4 is 0 Å². The lowest BCUT2D eigenvalue weighted by Crippen LogP contribution is -2.60. The topological polar surface area (TPSA) is 66.4 Å². The Morgan fingerprint density at radius 2 is 1.15 bits per heavy atom. The van der Waals surface area contributed by atoms with E-state index in [0.29, 0.717) is 19.8 Å². The van der Waals surface area contributed by atoms with Gasteiger partial charge in [0.25, 0.3) is 0 Å². The van der Waals surface area contributed by atoms with Crippen molar-refractivity contribution >= 4 is 0 Å². The molecule has 1 saturated heterocycles. The minimum absolute atomic E-state index is 0.247. The van der Waals surface area contributed by atoms with E-state index in [-0.39, 0.29) is 6.61 Å². The van der Waals surface area contributed by atoms with Crippen molar-refractivity contribution in [2.45, 2.75) is 50.5 Å². The maximum Gasteiger partial charge on any atom is 0.186 e. The highest BCUT2D eigenvalue weighted by Crippen LogP contribution is 2.28. The lowest BCUT2D eigenvalue weighted by Gasteiger charge is -2.43. The van der Waals surface area contributed by atoms with Gasteiger partial charge in [0.1, 0.15) is 24.4 Å². The molecule has 6 heteroatoms. The van der Waals surface area contributed by atoms with Gasteiger partial charge in [0, 0.05) is 7.11 Å². The zero-order valence-electron chi connectivity index (χ0n) is 19.4. The highest BCUT2D eigenvalue weighted by molar-refractivity contribution is 5.15. The molecule has 1 aliphatic rings. The summed E-state index contributed by atoms with van der Waals surface area (Å²) >= 11 is 0. The van der Waals surface area contributed by atoms with Crippen LogP contribution in [0.15, 0.2) is 91.0 Å². The second-order valence-electron chi connectivity index (χ2n) is 8.29. The molecule has 3 unspecified atom stereocenters. The van der Waals surface area contributed by atoms with Crippen LogP contribution in [0.5, 0.6) is 0 Å². The van der Waals surface area contributed by atoms with Crippen molar-refractivity contribution in [1.29, 1.82) is 0 Å². The molecule has 0 amide bonds. The Morgan fingerprint density at radius 1 is 0.676 bits per heavy atom. The molecule has 180 valence electrons. The van der Waals surface area contributed by atoms with E-state index in [2.05, 4.69) is 0 Å². The average Bonchev–Trinajstić information content (AvgIpc) is 2.89. The van der Waals surface area contributed by atoms with Gasteiger partial charge >= 0.3 is 0 Å². The molecule has 3 aromatic rings. The van der Waals surface area contributed by atoms with Gasteiger partial charge < -0.3 is 28.8 Å². The maximum atomic E-state index is 11.3. The first-order chi connectivity index (χ1) is 16.7. The van der Waals surface area contributed by atoms with Crippen molar-refractivity contribution < 1.29 is 28.8 Å². The zero-order chi connectivity index (χ0) is 23.6. The molecule has 6 nitrogen and oxygen atoms in total. The summed E-state index contributed by atoms with van der Waals surface area (Å²) in [6.07, 6.45) is -3.60. The highest BCUT2D eigenvalue weighted by atomic mass is 16.7. The smallest absolute Gasteiger partial charge is 0.186 e. The molecule has 4 rings (SSSR count). The molecule has 0 spiro atoms. The summed E-state index contributed by atoms with van der Waals surface area (Å²) in [6.45, 7) is 1.35. The van der Waals surface area contributed by atoms with Gasteiger partial charge in [0.05, 0.1) is 26.4 Å². The van der Waals surface area contributed by atoms with Gasteiger partial charge in [0.15, 0.2) is 6.29 Å². The second-order valence-corrected chi connectivity index (χ2v) is 8.29. The van der Waals surface area contributed by atoms with Crippen LogP contribution in [0.2, 0.25) is 0 Å². The summed E-state index contributed by atoms with van der Waals surface area (Å²) in [5.74, 6) is 0. The van der Waals surface area contributed by atoms with Crippen LogP contribution in [0.3, 0.4) is 0 Å². The van der Waals surface area contributed by atoms with Crippen LogP contribution >= 0.6 is 0 Å². The molecule has 1 heterocycles. The Morgan fingerprint density at radius 3 is 1.65 bits per heavy atom. The van der Waals surface area contributed by atoms with Crippen molar-refractivity contribution in [3.05, 3.63) is 108 Å². The van der Waals surface area contributed by atoms with E-state index < -0.39 is 30.7 Å². The normalized spacial score (nSPS) is 24.7. The highest BCUT2D eigenvalue weighted by Gasteiger charge is 2.47. The van der Waals surface area contributed by atoms with Crippen molar-refractivity contribution in [1.82, 2.24) is 0 Å². The van der Waals surface area contributed by atoms with Crippen molar-refractivity contribution in [2.24, 2.45) is 0 Å². The number of aliphatic hydroxyl groups is 1. The number of hydrogen-bond donors (Lipinski definition) is 1. The molecule has 1 aliphatic heterocycles. The van der Waals surface area contributed by atoms with Gasteiger partial charge in [-0.25, -0.2) is 0 Å². The minimum atomic E-state index is -0.962. The van der Waals surface area contributed by atoms with E-state index in [0.717, 1.165) is 16.7 Å². The van der Waals surface area contributed by atoms with Crippen LogP contribution in [0.4, 0.5) is 0 Å². The first-order valence-corrected chi connectivity index (χ1v) is 11.5. The van der Waals surface area contributed by atoms with Gasteiger partial charge in [0.2, 0.25) is 0 Å². The van der Waals surface area contributed by atoms with Crippen molar-refractivity contribution in [3.63, 3.8) is 0 Å². The summed E-state index contributed by atoms with van der Waals surface area (Å²) in [4.78, 5) is 0. The van der Waals surface area contributed by atoms with Crippen LogP contribution in [-0.4, -0.2) is 49.5 Å². The third-order valence-electron chi connectivity index (χ3n) is 5.81. The molecule has 0 aromatic heterocycles. The lowest BCUT2D eigenvalue weighted by atomic mass is 9.98. The maximum absolute atomic E-state index is 11.3. The van der Waals surface area contributed by atoms with Crippen LogP contribution in [0, 0.1) is 0 Å². The van der Waals surface area contributed by atoms with Gasteiger partial charge in [-0.3, -0.25) is 0 Å². The van der Waals surface area contributed by atoms with E-state index in [1.54, 1.807) is 7.11 Å². The number of benzene rings is 3. The second kappa shape index (κ2) is 12.8. The molecule has 1 N–H and O–H groups in total. The number of aliphatic hydroxyl groups excluding tert-OH is 1. The van der Waals surface area contributed by atoms with Gasteiger partial charge in [-0.05, 0) is 16.7 Å². The molecule has 3 aromatic carbocycles.